The summed E-state index contributed by atoms with van der Waals surface area (Å²) in [6.45, 7) is 2.00. The van der Waals surface area contributed by atoms with Gasteiger partial charge in [-0.25, -0.2) is 9.78 Å². The average molecular weight is 394 g/mol. The molecule has 0 aliphatic heterocycles. The maximum atomic E-state index is 12.1. The molecular formula is C18H17Cl2N3O3. The van der Waals surface area contributed by atoms with Crippen molar-refractivity contribution in [2.24, 2.45) is 0 Å². The number of benzene rings is 2. The number of fused-ring (bicyclic) bond motifs is 1. The SMILES string of the molecule is COC(=O)c1cccc2nc(Nc3c(C)cc(Cl)cc3Cl)n(CCO)c12. The Labute approximate surface area is 160 Å². The van der Waals surface area contributed by atoms with Crippen LogP contribution in [-0.2, 0) is 11.3 Å². The average Bonchev–Trinajstić information content (AvgIpc) is 2.95. The summed E-state index contributed by atoms with van der Waals surface area (Å²) < 4.78 is 6.59. The number of halogens is 2. The third kappa shape index (κ3) is 3.35. The van der Waals surface area contributed by atoms with Gasteiger partial charge in [0.05, 0.1) is 41.0 Å². The molecule has 0 saturated heterocycles. The lowest BCUT2D eigenvalue weighted by atomic mass is 10.2. The van der Waals surface area contributed by atoms with Gasteiger partial charge in [-0.3, -0.25) is 0 Å². The van der Waals surface area contributed by atoms with Crippen LogP contribution in [0.5, 0.6) is 0 Å². The lowest BCUT2D eigenvalue weighted by molar-refractivity contribution is 0.0602. The topological polar surface area (TPSA) is 76.4 Å². The molecule has 0 aliphatic rings. The van der Waals surface area contributed by atoms with Crippen molar-refractivity contribution in [2.45, 2.75) is 13.5 Å². The molecule has 2 aromatic carbocycles. The van der Waals surface area contributed by atoms with Crippen LogP contribution < -0.4 is 5.32 Å². The van der Waals surface area contributed by atoms with Gasteiger partial charge in [0.15, 0.2) is 0 Å². The molecule has 0 spiro atoms. The van der Waals surface area contributed by atoms with Crippen molar-refractivity contribution in [3.8, 4) is 0 Å². The zero-order valence-corrected chi connectivity index (χ0v) is 15.7. The number of ether oxygens (including phenoxy) is 1. The molecule has 0 fully saturated rings. The van der Waals surface area contributed by atoms with Crippen molar-refractivity contribution in [2.75, 3.05) is 19.0 Å². The smallest absolute Gasteiger partial charge is 0.340 e. The zero-order chi connectivity index (χ0) is 18.8. The Balaban J connectivity index is 2.18. The van der Waals surface area contributed by atoms with Gasteiger partial charge in [-0.05, 0) is 36.8 Å². The highest BCUT2D eigenvalue weighted by atomic mass is 35.5. The van der Waals surface area contributed by atoms with Crippen molar-refractivity contribution in [3.63, 3.8) is 0 Å². The van der Waals surface area contributed by atoms with Crippen molar-refractivity contribution >= 4 is 51.8 Å². The second-order valence-electron chi connectivity index (χ2n) is 5.68. The number of carbonyl (C=O) groups is 1. The van der Waals surface area contributed by atoms with Gasteiger partial charge in [-0.15, -0.1) is 0 Å². The number of anilines is 2. The van der Waals surface area contributed by atoms with Crippen molar-refractivity contribution < 1.29 is 14.6 Å². The van der Waals surface area contributed by atoms with Crippen molar-refractivity contribution in [1.29, 1.82) is 0 Å². The first kappa shape index (κ1) is 18.5. The number of nitrogens with zero attached hydrogens (tertiary/aromatic N) is 2. The number of aryl methyl sites for hydroxylation is 1. The Morgan fingerprint density at radius 3 is 2.77 bits per heavy atom. The number of imidazole rings is 1. The molecule has 0 unspecified atom stereocenters. The summed E-state index contributed by atoms with van der Waals surface area (Å²) in [7, 11) is 1.32. The number of aliphatic hydroxyl groups excluding tert-OH is 1. The van der Waals surface area contributed by atoms with E-state index in [9.17, 15) is 9.90 Å². The summed E-state index contributed by atoms with van der Waals surface area (Å²) >= 11 is 12.3. The molecule has 0 bridgehead atoms. The first-order valence-electron chi connectivity index (χ1n) is 7.87. The van der Waals surface area contributed by atoms with Gasteiger partial charge in [-0.1, -0.05) is 29.3 Å². The van der Waals surface area contributed by atoms with E-state index in [1.807, 2.05) is 6.92 Å². The van der Waals surface area contributed by atoms with E-state index in [2.05, 4.69) is 10.3 Å². The quantitative estimate of drug-likeness (QED) is 0.636. The molecule has 2 N–H and O–H groups in total. The lowest BCUT2D eigenvalue weighted by Crippen LogP contribution is -2.10. The minimum atomic E-state index is -0.470. The summed E-state index contributed by atoms with van der Waals surface area (Å²) in [6, 6.07) is 8.60. The van der Waals surface area contributed by atoms with E-state index in [1.54, 1.807) is 34.9 Å². The van der Waals surface area contributed by atoms with Crippen LogP contribution in [0.4, 0.5) is 11.6 Å². The highest BCUT2D eigenvalue weighted by Crippen LogP contribution is 2.33. The normalized spacial score (nSPS) is 11.0. The standard InChI is InChI=1S/C18H17Cl2N3O3/c1-10-8-11(19)9-13(20)15(10)22-18-21-14-5-3-4-12(17(25)26-2)16(14)23(18)6-7-24/h3-5,8-9,24H,6-7H2,1-2H3,(H,21,22). The third-order valence-corrected chi connectivity index (χ3v) is 4.50. The number of nitrogens with one attached hydrogen (secondary N) is 1. The van der Waals surface area contributed by atoms with Gasteiger partial charge in [0, 0.05) is 11.6 Å². The summed E-state index contributed by atoms with van der Waals surface area (Å²) in [4.78, 5) is 16.7. The van der Waals surface area contributed by atoms with Crippen LogP contribution in [0, 0.1) is 6.92 Å². The molecule has 26 heavy (non-hydrogen) atoms. The molecule has 1 heterocycles. The molecule has 136 valence electrons. The van der Waals surface area contributed by atoms with E-state index in [1.165, 1.54) is 7.11 Å². The van der Waals surface area contributed by atoms with Crippen LogP contribution in [0.15, 0.2) is 30.3 Å². The Hall–Kier alpha value is -2.28. The van der Waals surface area contributed by atoms with Gasteiger partial charge in [-0.2, -0.15) is 0 Å². The number of esters is 1. The van der Waals surface area contributed by atoms with Crippen LogP contribution in [0.1, 0.15) is 15.9 Å². The number of aromatic nitrogens is 2. The maximum absolute atomic E-state index is 12.1. The van der Waals surface area contributed by atoms with Crippen molar-refractivity contribution in [3.05, 3.63) is 51.5 Å². The van der Waals surface area contributed by atoms with Crippen LogP contribution in [0.3, 0.4) is 0 Å². The number of hydrogen-bond acceptors (Lipinski definition) is 5. The Kier molecular flexibility index (Phi) is 5.36. The van der Waals surface area contributed by atoms with E-state index < -0.39 is 5.97 Å². The van der Waals surface area contributed by atoms with E-state index in [-0.39, 0.29) is 13.2 Å². The molecule has 1 aromatic heterocycles. The van der Waals surface area contributed by atoms with Gasteiger partial charge >= 0.3 is 5.97 Å². The predicted octanol–water partition coefficient (Wildman–Crippen LogP) is 4.17. The number of rotatable bonds is 5. The predicted molar refractivity (Wildman–Crippen MR) is 103 cm³/mol. The van der Waals surface area contributed by atoms with Crippen LogP contribution in [0.25, 0.3) is 11.0 Å². The molecule has 0 aliphatic carbocycles. The van der Waals surface area contributed by atoms with Crippen molar-refractivity contribution in [1.82, 2.24) is 9.55 Å². The lowest BCUT2D eigenvalue weighted by Gasteiger charge is -2.14. The molecule has 3 aromatic rings. The second-order valence-corrected chi connectivity index (χ2v) is 6.52. The largest absolute Gasteiger partial charge is 0.465 e. The zero-order valence-electron chi connectivity index (χ0n) is 14.2. The van der Waals surface area contributed by atoms with E-state index >= 15 is 0 Å². The number of carbonyl (C=O) groups excluding carboxylic acids is 1. The van der Waals surface area contributed by atoms with Gasteiger partial charge < -0.3 is 19.7 Å². The molecule has 0 atom stereocenters. The number of aliphatic hydroxyl groups is 1. The van der Waals surface area contributed by atoms with Crippen LogP contribution in [-0.4, -0.2) is 34.3 Å². The molecule has 3 rings (SSSR count). The third-order valence-electron chi connectivity index (χ3n) is 3.98. The summed E-state index contributed by atoms with van der Waals surface area (Å²) in [5.74, 6) is -0.0142. The molecule has 0 saturated carbocycles. The fraction of sp³-hybridized carbons (Fsp3) is 0.222. The molecule has 0 amide bonds. The number of methoxy groups -OCH3 is 1. The summed E-state index contributed by atoms with van der Waals surface area (Å²) in [6.07, 6.45) is 0. The molecule has 0 radical (unpaired) electrons. The Bertz CT molecular complexity index is 962. The second kappa shape index (κ2) is 7.53. The number of hydrogen-bond donors (Lipinski definition) is 2. The van der Waals surface area contributed by atoms with Crippen LogP contribution >= 0.6 is 23.2 Å². The highest BCUT2D eigenvalue weighted by molar-refractivity contribution is 6.36. The minimum Gasteiger partial charge on any atom is -0.465 e. The molecule has 6 nitrogen and oxygen atoms in total. The molecular weight excluding hydrogens is 377 g/mol. The fourth-order valence-corrected chi connectivity index (χ4v) is 3.49. The monoisotopic (exact) mass is 393 g/mol. The van der Waals surface area contributed by atoms with Gasteiger partial charge in [0.2, 0.25) is 5.95 Å². The highest BCUT2D eigenvalue weighted by Gasteiger charge is 2.19. The first-order valence-corrected chi connectivity index (χ1v) is 8.63. The van der Waals surface area contributed by atoms with Gasteiger partial charge in [0.1, 0.15) is 0 Å². The van der Waals surface area contributed by atoms with E-state index in [4.69, 9.17) is 27.9 Å². The minimum absolute atomic E-state index is 0.122. The van der Waals surface area contributed by atoms with E-state index in [0.717, 1.165) is 5.56 Å². The maximum Gasteiger partial charge on any atom is 0.340 e. The molecule has 8 heteroatoms. The van der Waals surface area contributed by atoms with E-state index in [0.29, 0.717) is 38.3 Å². The van der Waals surface area contributed by atoms with Gasteiger partial charge in [0.25, 0.3) is 0 Å². The first-order chi connectivity index (χ1) is 12.5. The fourth-order valence-electron chi connectivity index (χ4n) is 2.85. The van der Waals surface area contributed by atoms with Crippen LogP contribution in [0.2, 0.25) is 10.0 Å². The Morgan fingerprint density at radius 2 is 2.12 bits per heavy atom. The summed E-state index contributed by atoms with van der Waals surface area (Å²) in [5.41, 5.74) is 3.06. The summed E-state index contributed by atoms with van der Waals surface area (Å²) in [5, 5.41) is 13.7. The number of para-hydroxylation sites is 1. The Morgan fingerprint density at radius 1 is 1.35 bits per heavy atom.